The molecule has 1 aromatic heterocycles. The molecule has 1 atom stereocenters. The van der Waals surface area contributed by atoms with Gasteiger partial charge in [-0.05, 0) is 42.0 Å². The number of hydrogen-bond acceptors (Lipinski definition) is 7. The van der Waals surface area contributed by atoms with E-state index >= 15 is 0 Å². The van der Waals surface area contributed by atoms with Gasteiger partial charge in [-0.25, -0.2) is 9.78 Å². The van der Waals surface area contributed by atoms with Crippen LogP contribution in [0.5, 0.6) is 17.2 Å². The maximum Gasteiger partial charge on any atom is 0.337 e. The van der Waals surface area contributed by atoms with Crippen molar-refractivity contribution in [1.82, 2.24) is 9.55 Å². The van der Waals surface area contributed by atoms with Crippen molar-refractivity contribution in [3.63, 3.8) is 0 Å². The maximum absolute atomic E-state index is 11.7. The van der Waals surface area contributed by atoms with Crippen molar-refractivity contribution in [3.05, 3.63) is 66.2 Å². The first-order valence-electron chi connectivity index (χ1n) is 9.20. The van der Waals surface area contributed by atoms with E-state index < -0.39 is 0 Å². The lowest BCUT2D eigenvalue weighted by Crippen LogP contribution is -2.07. The normalized spacial score (nSPS) is 11.6. The Hall–Kier alpha value is -3.13. The fourth-order valence-corrected chi connectivity index (χ4v) is 4.18. The number of esters is 1. The van der Waals surface area contributed by atoms with Crippen LogP contribution in [-0.2, 0) is 11.3 Å². The average Bonchev–Trinajstić information content (AvgIpc) is 3.30. The first-order chi connectivity index (χ1) is 14.6. The number of nitrogens with zero attached hydrogens (tertiary/aromatic N) is 2. The molecule has 0 bridgehead atoms. The summed E-state index contributed by atoms with van der Waals surface area (Å²) >= 11 is 1.67. The van der Waals surface area contributed by atoms with E-state index in [2.05, 4.69) is 4.98 Å². The first-order valence-corrected chi connectivity index (χ1v) is 10.1. The largest absolute Gasteiger partial charge is 0.493 e. The summed E-state index contributed by atoms with van der Waals surface area (Å²) < 4.78 is 23.3. The van der Waals surface area contributed by atoms with E-state index in [-0.39, 0.29) is 11.2 Å². The van der Waals surface area contributed by atoms with Crippen LogP contribution in [0.2, 0.25) is 0 Å². The van der Waals surface area contributed by atoms with Crippen LogP contribution in [0, 0.1) is 0 Å². The molecule has 0 amide bonds. The highest BCUT2D eigenvalue weighted by molar-refractivity contribution is 7.99. The molecule has 0 aliphatic carbocycles. The van der Waals surface area contributed by atoms with Crippen LogP contribution in [-0.4, -0.2) is 44.0 Å². The third kappa shape index (κ3) is 4.88. The summed E-state index contributed by atoms with van der Waals surface area (Å²) in [5.74, 6) is 1.40. The Balaban J connectivity index is 1.96. The second kappa shape index (κ2) is 10.1. The van der Waals surface area contributed by atoms with Gasteiger partial charge < -0.3 is 23.5 Å². The fraction of sp³-hybridized carbons (Fsp3) is 0.273. The number of carbonyl (C=O) groups excluding carboxylic acids is 1. The molecule has 7 nitrogen and oxygen atoms in total. The predicted molar refractivity (Wildman–Crippen MR) is 115 cm³/mol. The van der Waals surface area contributed by atoms with Crippen molar-refractivity contribution in [2.24, 2.45) is 0 Å². The third-order valence-electron chi connectivity index (χ3n) is 4.55. The zero-order chi connectivity index (χ0) is 21.5. The van der Waals surface area contributed by atoms with Gasteiger partial charge in [-0.1, -0.05) is 0 Å². The minimum absolute atomic E-state index is 0.0249. The Morgan fingerprint density at radius 1 is 1.03 bits per heavy atom. The third-order valence-corrected chi connectivity index (χ3v) is 5.80. The van der Waals surface area contributed by atoms with E-state index in [1.165, 1.54) is 7.11 Å². The first kappa shape index (κ1) is 21.6. The molecule has 0 N–H and O–H groups in total. The van der Waals surface area contributed by atoms with Gasteiger partial charge >= 0.3 is 5.97 Å². The molecule has 158 valence electrons. The minimum atomic E-state index is -0.355. The van der Waals surface area contributed by atoms with Crippen LogP contribution in [0.4, 0.5) is 0 Å². The van der Waals surface area contributed by atoms with E-state index in [4.69, 9.17) is 18.9 Å². The summed E-state index contributed by atoms with van der Waals surface area (Å²) in [6, 6.07) is 11.3. The number of methoxy groups -OCH3 is 4. The number of benzene rings is 2. The fourth-order valence-electron chi connectivity index (χ4n) is 3.04. The molecule has 1 heterocycles. The van der Waals surface area contributed by atoms with Crippen molar-refractivity contribution in [2.75, 3.05) is 28.4 Å². The van der Waals surface area contributed by atoms with Crippen molar-refractivity contribution in [1.29, 1.82) is 0 Å². The number of ether oxygens (including phenoxy) is 4. The van der Waals surface area contributed by atoms with Crippen LogP contribution >= 0.6 is 11.8 Å². The van der Waals surface area contributed by atoms with Gasteiger partial charge in [-0.3, -0.25) is 0 Å². The van der Waals surface area contributed by atoms with E-state index in [9.17, 15) is 4.79 Å². The molecule has 1 unspecified atom stereocenters. The summed E-state index contributed by atoms with van der Waals surface area (Å²) in [5, 5.41) is 0.0249. The Labute approximate surface area is 179 Å². The summed E-state index contributed by atoms with van der Waals surface area (Å²) in [4.78, 5) is 16.9. The molecule has 0 fully saturated rings. The zero-order valence-corrected chi connectivity index (χ0v) is 18.1. The number of imidazole rings is 1. The second-order valence-corrected chi connectivity index (χ2v) is 7.62. The summed E-state index contributed by atoms with van der Waals surface area (Å²) in [5.41, 5.74) is 1.53. The van der Waals surface area contributed by atoms with Crippen LogP contribution in [0.3, 0.4) is 0 Å². The molecule has 0 radical (unpaired) electrons. The minimum Gasteiger partial charge on any atom is -0.493 e. The molecule has 2 aromatic carbocycles. The predicted octanol–water partition coefficient (Wildman–Crippen LogP) is 4.23. The number of aromatic nitrogens is 2. The average molecular weight is 429 g/mol. The van der Waals surface area contributed by atoms with Gasteiger partial charge in [0, 0.05) is 23.8 Å². The van der Waals surface area contributed by atoms with Crippen LogP contribution in [0.25, 0.3) is 0 Å². The van der Waals surface area contributed by atoms with Crippen molar-refractivity contribution < 1.29 is 23.7 Å². The van der Waals surface area contributed by atoms with Gasteiger partial charge in [0.25, 0.3) is 0 Å². The number of hydrogen-bond donors (Lipinski definition) is 0. The molecular formula is C22H24N2O5S. The summed E-state index contributed by atoms with van der Waals surface area (Å²) in [6.45, 7) is 0.683. The van der Waals surface area contributed by atoms with E-state index in [1.54, 1.807) is 57.7 Å². The maximum atomic E-state index is 11.7. The van der Waals surface area contributed by atoms with Crippen LogP contribution in [0.15, 0.2) is 60.0 Å². The molecule has 3 rings (SSSR count). The van der Waals surface area contributed by atoms with E-state index in [0.717, 1.165) is 10.5 Å². The summed E-state index contributed by atoms with van der Waals surface area (Å²) in [7, 11) is 6.16. The molecule has 0 aliphatic rings. The smallest absolute Gasteiger partial charge is 0.337 e. The molecule has 0 aliphatic heterocycles. The lowest BCUT2D eigenvalue weighted by atomic mass is 10.1. The molecule has 0 saturated carbocycles. The van der Waals surface area contributed by atoms with Gasteiger partial charge in [0.05, 0.1) is 45.6 Å². The highest BCUT2D eigenvalue weighted by atomic mass is 32.2. The number of rotatable bonds is 9. The van der Waals surface area contributed by atoms with Crippen molar-refractivity contribution >= 4 is 17.7 Å². The molecular weight excluding hydrogens is 404 g/mol. The standard InChI is InChI=1S/C22H24N2O5S/c1-26-18-11-16(12-19(27-2)21(18)28-3)20(13-24-10-9-23-14-24)30-17-7-5-15(6-8-17)22(25)29-4/h5-12,14,20H,13H2,1-4H3. The van der Waals surface area contributed by atoms with Crippen LogP contribution in [0.1, 0.15) is 21.2 Å². The lowest BCUT2D eigenvalue weighted by molar-refractivity contribution is 0.0600. The Bertz CT molecular complexity index is 949. The van der Waals surface area contributed by atoms with E-state index in [1.807, 2.05) is 35.0 Å². The monoisotopic (exact) mass is 428 g/mol. The topological polar surface area (TPSA) is 71.8 Å². The second-order valence-electron chi connectivity index (χ2n) is 6.34. The van der Waals surface area contributed by atoms with Gasteiger partial charge in [0.15, 0.2) is 11.5 Å². The SMILES string of the molecule is COC(=O)c1ccc(SC(Cn2ccnc2)c2cc(OC)c(OC)c(OC)c2)cc1. The molecule has 8 heteroatoms. The Morgan fingerprint density at radius 2 is 1.70 bits per heavy atom. The molecule has 0 saturated heterocycles. The number of carbonyl (C=O) groups is 1. The highest BCUT2D eigenvalue weighted by Crippen LogP contribution is 2.44. The van der Waals surface area contributed by atoms with E-state index in [0.29, 0.717) is 29.4 Å². The zero-order valence-electron chi connectivity index (χ0n) is 17.3. The van der Waals surface area contributed by atoms with Gasteiger partial charge in [0.1, 0.15) is 0 Å². The van der Waals surface area contributed by atoms with Crippen molar-refractivity contribution in [3.8, 4) is 17.2 Å². The van der Waals surface area contributed by atoms with Gasteiger partial charge in [-0.2, -0.15) is 0 Å². The molecule has 30 heavy (non-hydrogen) atoms. The number of thioether (sulfide) groups is 1. The van der Waals surface area contributed by atoms with Gasteiger partial charge in [-0.15, -0.1) is 11.8 Å². The van der Waals surface area contributed by atoms with Gasteiger partial charge in [0.2, 0.25) is 5.75 Å². The highest BCUT2D eigenvalue weighted by Gasteiger charge is 2.21. The quantitative estimate of drug-likeness (QED) is 0.373. The summed E-state index contributed by atoms with van der Waals surface area (Å²) in [6.07, 6.45) is 5.46. The molecule has 0 spiro atoms. The lowest BCUT2D eigenvalue weighted by Gasteiger charge is -2.21. The Kier molecular flexibility index (Phi) is 7.24. The molecule has 3 aromatic rings. The van der Waals surface area contributed by atoms with Crippen LogP contribution < -0.4 is 14.2 Å². The van der Waals surface area contributed by atoms with Crippen molar-refractivity contribution in [2.45, 2.75) is 16.7 Å². The Morgan fingerprint density at radius 3 is 2.20 bits per heavy atom.